The Bertz CT molecular complexity index is 632. The van der Waals surface area contributed by atoms with Gasteiger partial charge in [0.05, 0.1) is 15.0 Å². The standard InChI is InChI=1S/C14H12Cl2N2O2/c15-12-6-5-11(9-13(12)16)17-8-7-10-3-1-2-4-14(10)18(19)20/h1-6,9,17H,7-8H2. The van der Waals surface area contributed by atoms with E-state index in [1.54, 1.807) is 30.3 Å². The molecule has 4 nitrogen and oxygen atoms in total. The van der Waals surface area contributed by atoms with E-state index in [2.05, 4.69) is 5.32 Å². The smallest absolute Gasteiger partial charge is 0.272 e. The van der Waals surface area contributed by atoms with Crippen LogP contribution in [0.25, 0.3) is 0 Å². The van der Waals surface area contributed by atoms with Gasteiger partial charge < -0.3 is 5.32 Å². The second kappa shape index (κ2) is 6.59. The molecule has 0 saturated carbocycles. The maximum absolute atomic E-state index is 10.9. The summed E-state index contributed by atoms with van der Waals surface area (Å²) in [6.45, 7) is 0.572. The lowest BCUT2D eigenvalue weighted by atomic mass is 10.1. The van der Waals surface area contributed by atoms with E-state index in [-0.39, 0.29) is 10.6 Å². The number of benzene rings is 2. The van der Waals surface area contributed by atoms with Crippen molar-refractivity contribution in [3.05, 3.63) is 68.2 Å². The molecular weight excluding hydrogens is 299 g/mol. The summed E-state index contributed by atoms with van der Waals surface area (Å²) in [5, 5.41) is 15.0. The van der Waals surface area contributed by atoms with Crippen molar-refractivity contribution in [2.45, 2.75) is 6.42 Å². The second-order valence-corrected chi connectivity index (χ2v) is 5.01. The van der Waals surface area contributed by atoms with Crippen LogP contribution in [0.1, 0.15) is 5.56 Å². The summed E-state index contributed by atoms with van der Waals surface area (Å²) in [5.74, 6) is 0. The minimum absolute atomic E-state index is 0.142. The van der Waals surface area contributed by atoms with Crippen LogP contribution in [0.15, 0.2) is 42.5 Å². The lowest BCUT2D eigenvalue weighted by molar-refractivity contribution is -0.385. The molecule has 0 atom stereocenters. The van der Waals surface area contributed by atoms with Crippen LogP contribution in [0.4, 0.5) is 11.4 Å². The molecule has 0 aromatic heterocycles. The molecule has 0 aliphatic rings. The third-order valence-corrected chi connectivity index (χ3v) is 3.57. The molecule has 0 unspecified atom stereocenters. The van der Waals surface area contributed by atoms with Gasteiger partial charge in [-0.25, -0.2) is 0 Å². The fourth-order valence-corrected chi connectivity index (χ4v) is 2.15. The molecule has 2 aromatic rings. The molecule has 20 heavy (non-hydrogen) atoms. The minimum atomic E-state index is -0.367. The molecule has 0 fully saturated rings. The number of para-hydroxylation sites is 1. The van der Waals surface area contributed by atoms with Crippen molar-refractivity contribution in [3.63, 3.8) is 0 Å². The molecular formula is C14H12Cl2N2O2. The minimum Gasteiger partial charge on any atom is -0.385 e. The second-order valence-electron chi connectivity index (χ2n) is 4.19. The normalized spacial score (nSPS) is 10.3. The predicted molar refractivity (Wildman–Crippen MR) is 81.8 cm³/mol. The van der Waals surface area contributed by atoms with E-state index in [9.17, 15) is 10.1 Å². The SMILES string of the molecule is O=[N+]([O-])c1ccccc1CCNc1ccc(Cl)c(Cl)c1. The summed E-state index contributed by atoms with van der Waals surface area (Å²) in [6.07, 6.45) is 0.553. The van der Waals surface area contributed by atoms with Gasteiger partial charge >= 0.3 is 0 Å². The molecule has 0 bridgehead atoms. The number of hydrogen-bond acceptors (Lipinski definition) is 3. The molecule has 6 heteroatoms. The van der Waals surface area contributed by atoms with Gasteiger partial charge in [-0.1, -0.05) is 41.4 Å². The summed E-state index contributed by atoms with van der Waals surface area (Å²) in [5.41, 5.74) is 1.67. The zero-order valence-electron chi connectivity index (χ0n) is 10.5. The van der Waals surface area contributed by atoms with Crippen LogP contribution < -0.4 is 5.32 Å². The summed E-state index contributed by atoms with van der Waals surface area (Å²) < 4.78 is 0. The fraction of sp³-hybridized carbons (Fsp3) is 0.143. The lowest BCUT2D eigenvalue weighted by Crippen LogP contribution is -2.06. The highest BCUT2D eigenvalue weighted by Crippen LogP contribution is 2.25. The lowest BCUT2D eigenvalue weighted by Gasteiger charge is -2.07. The van der Waals surface area contributed by atoms with Crippen molar-refractivity contribution in [3.8, 4) is 0 Å². The Morgan fingerprint density at radius 1 is 1.10 bits per heavy atom. The van der Waals surface area contributed by atoms with Gasteiger partial charge in [-0.2, -0.15) is 0 Å². The summed E-state index contributed by atoms with van der Waals surface area (Å²) in [7, 11) is 0. The van der Waals surface area contributed by atoms with Gasteiger partial charge in [0.15, 0.2) is 0 Å². The topological polar surface area (TPSA) is 55.2 Å². The van der Waals surface area contributed by atoms with Crippen molar-refractivity contribution in [2.24, 2.45) is 0 Å². The third-order valence-electron chi connectivity index (χ3n) is 2.83. The van der Waals surface area contributed by atoms with Gasteiger partial charge in [0.1, 0.15) is 0 Å². The van der Waals surface area contributed by atoms with Crippen LogP contribution in [-0.2, 0) is 6.42 Å². The van der Waals surface area contributed by atoms with Crippen molar-refractivity contribution in [1.82, 2.24) is 0 Å². The average Bonchev–Trinajstić information content (AvgIpc) is 2.43. The molecule has 104 valence electrons. The van der Waals surface area contributed by atoms with E-state index < -0.39 is 0 Å². The predicted octanol–water partition coefficient (Wildman–Crippen LogP) is 4.56. The van der Waals surface area contributed by atoms with Crippen LogP contribution in [0.5, 0.6) is 0 Å². The first-order valence-electron chi connectivity index (χ1n) is 5.99. The summed E-state index contributed by atoms with van der Waals surface area (Å²) >= 11 is 11.7. The van der Waals surface area contributed by atoms with Crippen molar-refractivity contribution >= 4 is 34.6 Å². The van der Waals surface area contributed by atoms with Gasteiger partial charge in [-0.05, 0) is 24.6 Å². The zero-order chi connectivity index (χ0) is 14.5. The van der Waals surface area contributed by atoms with Crippen LogP contribution >= 0.6 is 23.2 Å². The summed E-state index contributed by atoms with van der Waals surface area (Å²) in [6, 6.07) is 12.0. The van der Waals surface area contributed by atoms with Gasteiger partial charge in [0, 0.05) is 23.9 Å². The Morgan fingerprint density at radius 2 is 1.85 bits per heavy atom. The summed E-state index contributed by atoms with van der Waals surface area (Å²) in [4.78, 5) is 10.5. The Kier molecular flexibility index (Phi) is 4.82. The van der Waals surface area contributed by atoms with E-state index in [1.807, 2.05) is 6.07 Å². The quantitative estimate of drug-likeness (QED) is 0.650. The van der Waals surface area contributed by atoms with Crippen LogP contribution in [0.3, 0.4) is 0 Å². The molecule has 0 radical (unpaired) electrons. The Balaban J connectivity index is 1.99. The molecule has 0 spiro atoms. The van der Waals surface area contributed by atoms with Crippen molar-refractivity contribution < 1.29 is 4.92 Å². The zero-order valence-corrected chi connectivity index (χ0v) is 12.0. The molecule has 0 aliphatic carbocycles. The van der Waals surface area contributed by atoms with Crippen LogP contribution in [0.2, 0.25) is 10.0 Å². The first-order valence-corrected chi connectivity index (χ1v) is 6.75. The Labute approximate surface area is 126 Å². The van der Waals surface area contributed by atoms with Gasteiger partial charge in [-0.15, -0.1) is 0 Å². The van der Waals surface area contributed by atoms with Gasteiger partial charge in [0.25, 0.3) is 5.69 Å². The highest BCUT2D eigenvalue weighted by atomic mass is 35.5. The maximum atomic E-state index is 10.9. The maximum Gasteiger partial charge on any atom is 0.272 e. The van der Waals surface area contributed by atoms with Crippen LogP contribution in [0, 0.1) is 10.1 Å². The molecule has 0 aliphatic heterocycles. The number of nitro benzene ring substituents is 1. The number of halogens is 2. The largest absolute Gasteiger partial charge is 0.385 e. The number of hydrogen-bond donors (Lipinski definition) is 1. The van der Waals surface area contributed by atoms with Crippen LogP contribution in [-0.4, -0.2) is 11.5 Å². The number of nitro groups is 1. The number of nitrogens with zero attached hydrogens (tertiary/aromatic N) is 1. The highest BCUT2D eigenvalue weighted by Gasteiger charge is 2.11. The van der Waals surface area contributed by atoms with E-state index in [4.69, 9.17) is 23.2 Å². The van der Waals surface area contributed by atoms with Crippen molar-refractivity contribution in [2.75, 3.05) is 11.9 Å². The van der Waals surface area contributed by atoms with E-state index >= 15 is 0 Å². The molecule has 2 rings (SSSR count). The molecule has 1 N–H and O–H groups in total. The van der Waals surface area contributed by atoms with E-state index in [0.29, 0.717) is 28.6 Å². The van der Waals surface area contributed by atoms with Gasteiger partial charge in [-0.3, -0.25) is 10.1 Å². The van der Waals surface area contributed by atoms with Gasteiger partial charge in [0.2, 0.25) is 0 Å². The molecule has 0 amide bonds. The number of nitrogens with one attached hydrogen (secondary N) is 1. The fourth-order valence-electron chi connectivity index (χ4n) is 1.85. The highest BCUT2D eigenvalue weighted by molar-refractivity contribution is 6.42. The van der Waals surface area contributed by atoms with Crippen molar-refractivity contribution in [1.29, 1.82) is 0 Å². The third kappa shape index (κ3) is 3.62. The molecule has 0 saturated heterocycles. The average molecular weight is 311 g/mol. The van der Waals surface area contributed by atoms with E-state index in [0.717, 1.165) is 5.69 Å². The monoisotopic (exact) mass is 310 g/mol. The first kappa shape index (κ1) is 14.6. The first-order chi connectivity index (χ1) is 9.58. The molecule has 2 aromatic carbocycles. The number of rotatable bonds is 5. The Morgan fingerprint density at radius 3 is 2.55 bits per heavy atom. The molecule has 0 heterocycles. The number of anilines is 1. The Hall–Kier alpha value is -1.78. The van der Waals surface area contributed by atoms with E-state index in [1.165, 1.54) is 6.07 Å².